The zero-order valence-corrected chi connectivity index (χ0v) is 25.4. The van der Waals surface area contributed by atoms with Gasteiger partial charge < -0.3 is 19.7 Å². The molecule has 8 nitrogen and oxygen atoms in total. The number of hydrogen-bond donors (Lipinski definition) is 2. The van der Waals surface area contributed by atoms with Crippen LogP contribution < -0.4 is 19.5 Å². The number of methoxy groups -OCH3 is 1. The number of amides is 1. The van der Waals surface area contributed by atoms with Gasteiger partial charge in [0.05, 0.1) is 22.7 Å². The lowest BCUT2D eigenvalue weighted by molar-refractivity contribution is 0.0920. The van der Waals surface area contributed by atoms with Crippen LogP contribution in [-0.4, -0.2) is 52.0 Å². The smallest absolute Gasteiger partial charge is 0.262 e. The van der Waals surface area contributed by atoms with Crippen molar-refractivity contribution in [2.75, 3.05) is 31.5 Å². The molecular formula is C32H38ClN3O5S. The second-order valence-electron chi connectivity index (χ2n) is 11.1. The summed E-state index contributed by atoms with van der Waals surface area (Å²) in [5.41, 5.74) is 0.685. The summed E-state index contributed by atoms with van der Waals surface area (Å²) in [7, 11) is -2.42. The van der Waals surface area contributed by atoms with Crippen molar-refractivity contribution in [3.8, 4) is 17.2 Å². The van der Waals surface area contributed by atoms with Crippen LogP contribution in [-0.2, 0) is 10.0 Å². The lowest BCUT2D eigenvalue weighted by Gasteiger charge is -2.30. The first kappa shape index (κ1) is 30.2. The highest BCUT2D eigenvalue weighted by Crippen LogP contribution is 2.36. The molecule has 1 heterocycles. The van der Waals surface area contributed by atoms with Gasteiger partial charge in [-0.25, -0.2) is 8.42 Å². The quantitative estimate of drug-likeness (QED) is 0.250. The summed E-state index contributed by atoms with van der Waals surface area (Å²) in [6.07, 6.45) is 8.13. The number of likely N-dealkylation sites (tertiary alicyclic amines) is 1. The highest BCUT2D eigenvalue weighted by molar-refractivity contribution is 7.92. The second-order valence-corrected chi connectivity index (χ2v) is 13.1. The molecule has 2 N–H and O–H groups in total. The van der Waals surface area contributed by atoms with E-state index in [1.165, 1.54) is 58.1 Å². The Hall–Kier alpha value is -3.27. The van der Waals surface area contributed by atoms with Crippen LogP contribution in [0.2, 0.25) is 5.02 Å². The molecule has 0 radical (unpaired) electrons. The molecule has 5 rings (SSSR count). The van der Waals surface area contributed by atoms with E-state index in [2.05, 4.69) is 14.9 Å². The maximum Gasteiger partial charge on any atom is 0.262 e. The summed E-state index contributed by atoms with van der Waals surface area (Å²) >= 11 is 6.30. The molecule has 2 fully saturated rings. The first-order valence-corrected chi connectivity index (χ1v) is 16.4. The van der Waals surface area contributed by atoms with Crippen LogP contribution in [0.4, 0.5) is 5.69 Å². The number of benzene rings is 3. The summed E-state index contributed by atoms with van der Waals surface area (Å²) in [6, 6.07) is 17.8. The number of halogens is 1. The van der Waals surface area contributed by atoms with Gasteiger partial charge in [-0.15, -0.1) is 0 Å². The fourth-order valence-corrected chi connectivity index (χ4v) is 6.95. The summed E-state index contributed by atoms with van der Waals surface area (Å²) in [6.45, 7) is 3.67. The first-order chi connectivity index (χ1) is 20.3. The number of carbonyl (C=O) groups excluding carboxylic acids is 1. The Morgan fingerprint density at radius 1 is 0.952 bits per heavy atom. The number of para-hydroxylation sites is 2. The summed E-state index contributed by atoms with van der Waals surface area (Å²) < 4.78 is 40.1. The van der Waals surface area contributed by atoms with Crippen molar-refractivity contribution < 1.29 is 22.7 Å². The lowest BCUT2D eigenvalue weighted by Crippen LogP contribution is -2.38. The molecule has 1 aliphatic carbocycles. The van der Waals surface area contributed by atoms with Crippen molar-refractivity contribution in [3.63, 3.8) is 0 Å². The van der Waals surface area contributed by atoms with Gasteiger partial charge in [-0.2, -0.15) is 0 Å². The molecule has 0 atom stereocenters. The van der Waals surface area contributed by atoms with Gasteiger partial charge in [0.2, 0.25) is 0 Å². The minimum Gasteiger partial charge on any atom is -0.497 e. The van der Waals surface area contributed by atoms with E-state index >= 15 is 0 Å². The van der Waals surface area contributed by atoms with Crippen LogP contribution in [0.3, 0.4) is 0 Å². The van der Waals surface area contributed by atoms with Gasteiger partial charge in [0, 0.05) is 17.7 Å². The Bertz CT molecular complexity index is 1470. The minimum absolute atomic E-state index is 0.0369. The fourth-order valence-electron chi connectivity index (χ4n) is 5.67. The summed E-state index contributed by atoms with van der Waals surface area (Å²) in [5, 5.41) is 3.47. The van der Waals surface area contributed by atoms with Crippen LogP contribution in [0.5, 0.6) is 17.2 Å². The minimum atomic E-state index is -3.95. The summed E-state index contributed by atoms with van der Waals surface area (Å²) in [5.74, 6) is 1.78. The predicted octanol–water partition coefficient (Wildman–Crippen LogP) is 6.72. The predicted molar refractivity (Wildman–Crippen MR) is 165 cm³/mol. The third kappa shape index (κ3) is 7.76. The molecule has 0 unspecified atom stereocenters. The van der Waals surface area contributed by atoms with Gasteiger partial charge in [-0.1, -0.05) is 23.7 Å². The van der Waals surface area contributed by atoms with E-state index in [0.29, 0.717) is 22.1 Å². The molecule has 42 heavy (non-hydrogen) atoms. The Morgan fingerprint density at radius 3 is 2.36 bits per heavy atom. The van der Waals surface area contributed by atoms with E-state index < -0.39 is 10.0 Å². The standard InChI is InChI=1S/C32H38ClN3O5S/c1-40-26-14-17-30(28(33)22-26)41-31-7-3-2-6-29(31)35-42(38,39)27-15-10-24(11-16-27)32(37)34-25-12-8-23(9-13-25)18-21-36-19-4-5-20-36/h2-3,6-7,10-11,14-17,22-23,25,35H,4-5,8-9,12-13,18-21H2,1H3,(H,34,37). The van der Waals surface area contributed by atoms with Crippen LogP contribution in [0.1, 0.15) is 55.3 Å². The highest BCUT2D eigenvalue weighted by atomic mass is 35.5. The number of rotatable bonds is 11. The number of hydrogen-bond acceptors (Lipinski definition) is 6. The van der Waals surface area contributed by atoms with Gasteiger partial charge in [0.1, 0.15) is 11.5 Å². The van der Waals surface area contributed by atoms with Crippen molar-refractivity contribution in [2.24, 2.45) is 5.92 Å². The third-order valence-corrected chi connectivity index (χ3v) is 9.83. The van der Waals surface area contributed by atoms with Crippen LogP contribution in [0, 0.1) is 5.92 Å². The van der Waals surface area contributed by atoms with Crippen molar-refractivity contribution in [1.82, 2.24) is 10.2 Å². The molecule has 1 saturated carbocycles. The number of ether oxygens (including phenoxy) is 2. The zero-order chi connectivity index (χ0) is 29.5. The molecule has 224 valence electrons. The normalized spacial score (nSPS) is 19.3. The molecule has 0 aromatic heterocycles. The van der Waals surface area contributed by atoms with Gasteiger partial charge in [-0.05, 0) is 119 Å². The zero-order valence-electron chi connectivity index (χ0n) is 23.9. The van der Waals surface area contributed by atoms with Crippen molar-refractivity contribution >= 4 is 33.2 Å². The summed E-state index contributed by atoms with van der Waals surface area (Å²) in [4.78, 5) is 15.5. The average molecular weight is 612 g/mol. The van der Waals surface area contributed by atoms with E-state index in [9.17, 15) is 13.2 Å². The van der Waals surface area contributed by atoms with Gasteiger partial charge in [0.15, 0.2) is 5.75 Å². The Morgan fingerprint density at radius 2 is 1.67 bits per heavy atom. The molecule has 1 saturated heterocycles. The molecule has 2 aliphatic rings. The lowest BCUT2D eigenvalue weighted by atomic mass is 9.84. The number of sulfonamides is 1. The van der Waals surface area contributed by atoms with E-state index in [0.717, 1.165) is 31.6 Å². The Kier molecular flexibility index (Phi) is 9.92. The SMILES string of the molecule is COc1ccc(Oc2ccccc2NS(=O)(=O)c2ccc(C(=O)NC3CCC(CCN4CCCC4)CC3)cc2)c(Cl)c1. The van der Waals surface area contributed by atoms with Crippen LogP contribution >= 0.6 is 11.6 Å². The maximum atomic E-state index is 13.2. The van der Waals surface area contributed by atoms with Crippen molar-refractivity contribution in [2.45, 2.75) is 55.9 Å². The third-order valence-electron chi connectivity index (χ3n) is 8.15. The maximum absolute atomic E-state index is 13.2. The molecule has 3 aromatic rings. The second kappa shape index (κ2) is 13.8. The van der Waals surface area contributed by atoms with Crippen molar-refractivity contribution in [3.05, 3.63) is 77.3 Å². The van der Waals surface area contributed by atoms with E-state index in [-0.39, 0.29) is 28.3 Å². The molecular weight excluding hydrogens is 574 g/mol. The van der Waals surface area contributed by atoms with E-state index in [1.807, 2.05) is 0 Å². The largest absolute Gasteiger partial charge is 0.497 e. The van der Waals surface area contributed by atoms with Gasteiger partial charge >= 0.3 is 0 Å². The van der Waals surface area contributed by atoms with Gasteiger partial charge in [0.25, 0.3) is 15.9 Å². The number of nitrogens with zero attached hydrogens (tertiary/aromatic N) is 1. The monoisotopic (exact) mass is 611 g/mol. The molecule has 0 bridgehead atoms. The van der Waals surface area contributed by atoms with E-state index in [4.69, 9.17) is 21.1 Å². The number of carbonyl (C=O) groups is 1. The van der Waals surface area contributed by atoms with Crippen LogP contribution in [0.25, 0.3) is 0 Å². The molecule has 0 spiro atoms. The molecule has 3 aromatic carbocycles. The molecule has 10 heteroatoms. The van der Waals surface area contributed by atoms with Crippen molar-refractivity contribution in [1.29, 1.82) is 0 Å². The number of anilines is 1. The van der Waals surface area contributed by atoms with E-state index in [1.54, 1.807) is 54.6 Å². The first-order valence-electron chi connectivity index (χ1n) is 14.6. The highest BCUT2D eigenvalue weighted by Gasteiger charge is 2.24. The molecule has 1 amide bonds. The van der Waals surface area contributed by atoms with Gasteiger partial charge in [-0.3, -0.25) is 9.52 Å². The Labute approximate surface area is 253 Å². The Balaban J connectivity index is 1.16. The fraction of sp³-hybridized carbons (Fsp3) is 0.406. The molecule has 1 aliphatic heterocycles. The topological polar surface area (TPSA) is 97.0 Å². The number of nitrogens with one attached hydrogen (secondary N) is 2. The van der Waals surface area contributed by atoms with Crippen LogP contribution in [0.15, 0.2) is 71.6 Å². The average Bonchev–Trinajstić information content (AvgIpc) is 3.52.